The first kappa shape index (κ1) is 12.2. The molecule has 0 amide bonds. The molecular formula is C16H16BrF. The maximum absolute atomic E-state index is 14.7. The molecule has 0 N–H and O–H groups in total. The van der Waals surface area contributed by atoms with Crippen LogP contribution in [0.5, 0.6) is 0 Å². The Bertz CT molecular complexity index is 499. The fourth-order valence-electron chi connectivity index (χ4n) is 2.70. The van der Waals surface area contributed by atoms with Gasteiger partial charge in [-0.2, -0.15) is 0 Å². The predicted octanol–water partition coefficient (Wildman–Crippen LogP) is 4.91. The van der Waals surface area contributed by atoms with E-state index in [2.05, 4.69) is 28.1 Å². The number of halogens is 2. The van der Waals surface area contributed by atoms with Crippen LogP contribution < -0.4 is 0 Å². The molecule has 1 atom stereocenters. The van der Waals surface area contributed by atoms with Crippen molar-refractivity contribution in [3.63, 3.8) is 0 Å². The van der Waals surface area contributed by atoms with Gasteiger partial charge in [0.05, 0.1) is 0 Å². The largest absolute Gasteiger partial charge is 0.239 e. The Morgan fingerprint density at radius 1 is 1.22 bits per heavy atom. The number of benzene rings is 1. The van der Waals surface area contributed by atoms with E-state index in [0.717, 1.165) is 18.2 Å². The van der Waals surface area contributed by atoms with Gasteiger partial charge in [0.15, 0.2) is 0 Å². The van der Waals surface area contributed by atoms with Crippen molar-refractivity contribution in [2.24, 2.45) is 5.92 Å². The topological polar surface area (TPSA) is 0 Å². The summed E-state index contributed by atoms with van der Waals surface area (Å²) in [4.78, 5) is 0. The summed E-state index contributed by atoms with van der Waals surface area (Å²) in [6.45, 7) is 0. The predicted molar refractivity (Wildman–Crippen MR) is 77.5 cm³/mol. The van der Waals surface area contributed by atoms with Gasteiger partial charge in [-0.1, -0.05) is 52.3 Å². The van der Waals surface area contributed by atoms with Crippen molar-refractivity contribution in [2.45, 2.75) is 24.9 Å². The summed E-state index contributed by atoms with van der Waals surface area (Å²) >= 11 is 3.51. The standard InChI is InChI=1S/C16H16BrF/c17-11-13-10-16(18,14-6-7-14)9-8-15(13)12-4-2-1-3-5-12/h1-5,8-9,14H,6-7,10-11H2. The normalized spacial score (nSPS) is 27.7. The lowest BCUT2D eigenvalue weighted by molar-refractivity contribution is 0.194. The van der Waals surface area contributed by atoms with Crippen LogP contribution in [0.1, 0.15) is 24.8 Å². The van der Waals surface area contributed by atoms with Crippen LogP contribution in [0.25, 0.3) is 5.57 Å². The molecule has 2 aliphatic carbocycles. The number of allylic oxidation sites excluding steroid dienone is 4. The molecule has 1 unspecified atom stereocenters. The van der Waals surface area contributed by atoms with E-state index in [1.54, 1.807) is 6.08 Å². The Labute approximate surface area is 116 Å². The molecule has 2 heteroatoms. The van der Waals surface area contributed by atoms with Gasteiger partial charge in [-0.05, 0) is 41.5 Å². The van der Waals surface area contributed by atoms with Crippen molar-refractivity contribution >= 4 is 21.5 Å². The van der Waals surface area contributed by atoms with Gasteiger partial charge in [0.1, 0.15) is 5.67 Å². The summed E-state index contributed by atoms with van der Waals surface area (Å²) in [6, 6.07) is 10.2. The van der Waals surface area contributed by atoms with Crippen LogP contribution in [-0.2, 0) is 0 Å². The van der Waals surface area contributed by atoms with E-state index < -0.39 is 5.67 Å². The molecule has 0 aromatic heterocycles. The van der Waals surface area contributed by atoms with E-state index in [1.807, 2.05) is 24.3 Å². The molecule has 1 fully saturated rings. The lowest BCUT2D eigenvalue weighted by Gasteiger charge is -2.28. The smallest absolute Gasteiger partial charge is 0.136 e. The van der Waals surface area contributed by atoms with E-state index in [-0.39, 0.29) is 5.92 Å². The van der Waals surface area contributed by atoms with Crippen molar-refractivity contribution in [2.75, 3.05) is 5.33 Å². The van der Waals surface area contributed by atoms with Gasteiger partial charge < -0.3 is 0 Å². The van der Waals surface area contributed by atoms with Gasteiger partial charge in [0, 0.05) is 11.8 Å². The summed E-state index contributed by atoms with van der Waals surface area (Å²) in [7, 11) is 0. The zero-order chi connectivity index (χ0) is 12.6. The maximum atomic E-state index is 14.7. The van der Waals surface area contributed by atoms with E-state index in [4.69, 9.17) is 0 Å². The second-order valence-corrected chi connectivity index (χ2v) is 5.79. The third-order valence-electron chi connectivity index (χ3n) is 3.89. The minimum absolute atomic E-state index is 0.250. The van der Waals surface area contributed by atoms with E-state index in [0.29, 0.717) is 6.42 Å². The Hall–Kier alpha value is -0.890. The zero-order valence-corrected chi connectivity index (χ0v) is 11.8. The highest BCUT2D eigenvalue weighted by atomic mass is 79.9. The minimum Gasteiger partial charge on any atom is -0.239 e. The van der Waals surface area contributed by atoms with Crippen LogP contribution in [0, 0.1) is 5.92 Å². The fraction of sp³-hybridized carbons (Fsp3) is 0.375. The summed E-state index contributed by atoms with van der Waals surface area (Å²) in [5.74, 6) is 0.250. The van der Waals surface area contributed by atoms with Crippen LogP contribution in [-0.4, -0.2) is 11.0 Å². The van der Waals surface area contributed by atoms with Crippen LogP contribution in [0.15, 0.2) is 48.1 Å². The Kier molecular flexibility index (Phi) is 3.14. The molecule has 3 rings (SSSR count). The van der Waals surface area contributed by atoms with Gasteiger partial charge in [-0.25, -0.2) is 4.39 Å². The molecule has 0 aliphatic heterocycles. The molecule has 1 saturated carbocycles. The highest BCUT2D eigenvalue weighted by Crippen LogP contribution is 2.49. The highest BCUT2D eigenvalue weighted by molar-refractivity contribution is 9.09. The van der Waals surface area contributed by atoms with Crippen molar-refractivity contribution in [3.05, 3.63) is 53.6 Å². The number of rotatable bonds is 3. The quantitative estimate of drug-likeness (QED) is 0.696. The van der Waals surface area contributed by atoms with Gasteiger partial charge >= 0.3 is 0 Å². The molecule has 1 aromatic carbocycles. The SMILES string of the molecule is FC1(C2CC2)C=CC(c2ccccc2)=C(CBr)C1. The summed E-state index contributed by atoms with van der Waals surface area (Å²) in [5.41, 5.74) is 2.45. The van der Waals surface area contributed by atoms with Crippen molar-refractivity contribution in [3.8, 4) is 0 Å². The van der Waals surface area contributed by atoms with Gasteiger partial charge in [0.25, 0.3) is 0 Å². The number of alkyl halides is 2. The number of hydrogen-bond donors (Lipinski definition) is 0. The van der Waals surface area contributed by atoms with Crippen LogP contribution in [0.2, 0.25) is 0 Å². The summed E-state index contributed by atoms with van der Waals surface area (Å²) < 4.78 is 14.7. The molecule has 94 valence electrons. The third kappa shape index (κ3) is 2.18. The average molecular weight is 307 g/mol. The molecule has 1 aromatic rings. The number of hydrogen-bond acceptors (Lipinski definition) is 0. The van der Waals surface area contributed by atoms with Crippen LogP contribution >= 0.6 is 15.9 Å². The first-order valence-electron chi connectivity index (χ1n) is 6.44. The van der Waals surface area contributed by atoms with Crippen molar-refractivity contribution in [1.82, 2.24) is 0 Å². The van der Waals surface area contributed by atoms with Crippen molar-refractivity contribution in [1.29, 1.82) is 0 Å². The Balaban J connectivity index is 1.95. The summed E-state index contributed by atoms with van der Waals surface area (Å²) in [6.07, 6.45) is 6.39. The third-order valence-corrected chi connectivity index (χ3v) is 4.57. The second-order valence-electron chi connectivity index (χ2n) is 5.23. The molecule has 0 nitrogen and oxygen atoms in total. The monoisotopic (exact) mass is 306 g/mol. The maximum Gasteiger partial charge on any atom is 0.136 e. The molecule has 2 aliphatic rings. The lowest BCUT2D eigenvalue weighted by atomic mass is 9.83. The van der Waals surface area contributed by atoms with E-state index in [1.165, 1.54) is 16.7 Å². The van der Waals surface area contributed by atoms with E-state index >= 15 is 0 Å². The highest BCUT2D eigenvalue weighted by Gasteiger charge is 2.45. The van der Waals surface area contributed by atoms with Gasteiger partial charge in [-0.3, -0.25) is 0 Å². The molecule has 0 spiro atoms. The molecular weight excluding hydrogens is 291 g/mol. The van der Waals surface area contributed by atoms with Crippen LogP contribution in [0.3, 0.4) is 0 Å². The molecule has 0 heterocycles. The van der Waals surface area contributed by atoms with Gasteiger partial charge in [-0.15, -0.1) is 0 Å². The molecule has 0 saturated heterocycles. The zero-order valence-electron chi connectivity index (χ0n) is 10.2. The second kappa shape index (κ2) is 4.65. The van der Waals surface area contributed by atoms with E-state index in [9.17, 15) is 4.39 Å². The Morgan fingerprint density at radius 2 is 1.94 bits per heavy atom. The van der Waals surface area contributed by atoms with Gasteiger partial charge in [0.2, 0.25) is 0 Å². The Morgan fingerprint density at radius 3 is 2.56 bits per heavy atom. The first-order chi connectivity index (χ1) is 8.73. The fourth-order valence-corrected chi connectivity index (χ4v) is 3.20. The summed E-state index contributed by atoms with van der Waals surface area (Å²) in [5, 5.41) is 0.750. The minimum atomic E-state index is -1.10. The van der Waals surface area contributed by atoms with Crippen molar-refractivity contribution < 1.29 is 4.39 Å². The molecule has 0 radical (unpaired) electrons. The molecule has 18 heavy (non-hydrogen) atoms. The lowest BCUT2D eigenvalue weighted by Crippen LogP contribution is -2.26. The first-order valence-corrected chi connectivity index (χ1v) is 7.56. The molecule has 0 bridgehead atoms. The average Bonchev–Trinajstić information content (AvgIpc) is 3.24. The van der Waals surface area contributed by atoms with Crippen LogP contribution in [0.4, 0.5) is 4.39 Å².